The summed E-state index contributed by atoms with van der Waals surface area (Å²) in [5.41, 5.74) is 0.454. The topological polar surface area (TPSA) is 74.3 Å². The van der Waals surface area contributed by atoms with Gasteiger partial charge in [0.05, 0.1) is 19.0 Å². The summed E-state index contributed by atoms with van der Waals surface area (Å²) in [6, 6.07) is 0. The van der Waals surface area contributed by atoms with E-state index in [9.17, 15) is 9.59 Å². The normalized spacial score (nSPS) is 15.7. The standard InChI is InChI=1S/C24H40N4O3/c1-26-19-25-22-21(26)23(29)28(24(30)27(22)2)17-15-13-11-9-7-5-3-4-6-8-10-12-14-16-20-18-31-20/h19-20H,3-18H2,1-2H3. The van der Waals surface area contributed by atoms with E-state index in [4.69, 9.17) is 4.74 Å². The number of hydrogen-bond acceptors (Lipinski definition) is 4. The number of fused-ring (bicyclic) bond motifs is 1. The molecule has 1 saturated heterocycles. The highest BCUT2D eigenvalue weighted by Gasteiger charge is 2.20. The molecule has 0 N–H and O–H groups in total. The lowest BCUT2D eigenvalue weighted by atomic mass is 10.0. The number of aryl methyl sites for hydroxylation is 2. The van der Waals surface area contributed by atoms with Gasteiger partial charge in [-0.15, -0.1) is 0 Å². The van der Waals surface area contributed by atoms with Crippen LogP contribution in [0.5, 0.6) is 0 Å². The van der Waals surface area contributed by atoms with E-state index >= 15 is 0 Å². The zero-order chi connectivity index (χ0) is 22.1. The lowest BCUT2D eigenvalue weighted by Gasteiger charge is -2.08. The van der Waals surface area contributed by atoms with Gasteiger partial charge in [0.1, 0.15) is 0 Å². The molecule has 2 aromatic heterocycles. The smallest absolute Gasteiger partial charge is 0.332 e. The van der Waals surface area contributed by atoms with Crippen LogP contribution in [0.4, 0.5) is 0 Å². The highest BCUT2D eigenvalue weighted by atomic mass is 16.6. The Morgan fingerprint density at radius 3 is 1.94 bits per heavy atom. The van der Waals surface area contributed by atoms with Crippen molar-refractivity contribution in [2.24, 2.45) is 14.1 Å². The van der Waals surface area contributed by atoms with Crippen LogP contribution < -0.4 is 11.2 Å². The summed E-state index contributed by atoms with van der Waals surface area (Å²) in [7, 11) is 3.47. The largest absolute Gasteiger partial charge is 0.373 e. The molecule has 7 heteroatoms. The maximum Gasteiger partial charge on any atom is 0.332 e. The minimum Gasteiger partial charge on any atom is -0.373 e. The van der Waals surface area contributed by atoms with E-state index in [1.807, 2.05) is 0 Å². The molecule has 0 aliphatic carbocycles. The van der Waals surface area contributed by atoms with Crippen molar-refractivity contribution >= 4 is 11.2 Å². The Balaban J connectivity index is 1.20. The third kappa shape index (κ3) is 7.06. The quantitative estimate of drug-likeness (QED) is 0.293. The number of epoxide rings is 1. The second kappa shape index (κ2) is 12.2. The molecule has 1 aliphatic rings. The van der Waals surface area contributed by atoms with Crippen LogP contribution in [0, 0.1) is 0 Å². The van der Waals surface area contributed by atoms with E-state index in [2.05, 4.69) is 4.98 Å². The van der Waals surface area contributed by atoms with E-state index in [1.54, 1.807) is 25.0 Å². The molecule has 0 amide bonds. The molecule has 1 aliphatic heterocycles. The van der Waals surface area contributed by atoms with Crippen LogP contribution in [-0.4, -0.2) is 31.4 Å². The number of rotatable bonds is 16. The van der Waals surface area contributed by atoms with E-state index in [0.717, 1.165) is 19.4 Å². The fourth-order valence-corrected chi connectivity index (χ4v) is 4.41. The van der Waals surface area contributed by atoms with Crippen LogP contribution in [0.1, 0.15) is 89.9 Å². The van der Waals surface area contributed by atoms with Crippen molar-refractivity contribution in [1.29, 1.82) is 0 Å². The van der Waals surface area contributed by atoms with Gasteiger partial charge in [0.2, 0.25) is 0 Å². The maximum absolute atomic E-state index is 12.7. The first-order valence-corrected chi connectivity index (χ1v) is 12.3. The first-order chi connectivity index (χ1) is 15.1. The Kier molecular flexibility index (Phi) is 9.37. The lowest BCUT2D eigenvalue weighted by Crippen LogP contribution is -2.39. The van der Waals surface area contributed by atoms with Crippen molar-refractivity contribution in [3.8, 4) is 0 Å². The molecule has 0 bridgehead atoms. The minimum atomic E-state index is -0.270. The Labute approximate surface area is 185 Å². The van der Waals surface area contributed by atoms with Gasteiger partial charge in [-0.3, -0.25) is 13.9 Å². The Hall–Kier alpha value is -1.89. The van der Waals surface area contributed by atoms with Crippen molar-refractivity contribution < 1.29 is 4.74 Å². The molecule has 1 unspecified atom stereocenters. The molecule has 0 aromatic carbocycles. The van der Waals surface area contributed by atoms with E-state index in [-0.39, 0.29) is 11.2 Å². The van der Waals surface area contributed by atoms with E-state index in [1.165, 1.54) is 86.2 Å². The Morgan fingerprint density at radius 1 is 0.871 bits per heavy atom. The van der Waals surface area contributed by atoms with Crippen molar-refractivity contribution in [1.82, 2.24) is 18.7 Å². The molecule has 1 fully saturated rings. The molecule has 3 heterocycles. The van der Waals surface area contributed by atoms with Crippen molar-refractivity contribution in [3.63, 3.8) is 0 Å². The van der Waals surface area contributed by atoms with Crippen LogP contribution in [0.2, 0.25) is 0 Å². The average molecular weight is 433 g/mol. The third-order valence-electron chi connectivity index (χ3n) is 6.51. The summed E-state index contributed by atoms with van der Waals surface area (Å²) < 4.78 is 9.77. The highest BCUT2D eigenvalue weighted by Crippen LogP contribution is 2.18. The number of aromatic nitrogens is 4. The van der Waals surface area contributed by atoms with Crippen molar-refractivity contribution in [2.45, 2.75) is 103 Å². The summed E-state index contributed by atoms with van der Waals surface area (Å²) in [5, 5.41) is 0. The summed E-state index contributed by atoms with van der Waals surface area (Å²) >= 11 is 0. The first-order valence-electron chi connectivity index (χ1n) is 12.3. The molecule has 1 atom stereocenters. The Bertz CT molecular complexity index is 923. The van der Waals surface area contributed by atoms with Crippen LogP contribution >= 0.6 is 0 Å². The molecule has 7 nitrogen and oxygen atoms in total. The summed E-state index contributed by atoms with van der Waals surface area (Å²) in [4.78, 5) is 29.3. The highest BCUT2D eigenvalue weighted by molar-refractivity contribution is 5.69. The molecule has 0 saturated carbocycles. The number of unbranched alkanes of at least 4 members (excludes halogenated alkanes) is 12. The van der Waals surface area contributed by atoms with E-state index in [0.29, 0.717) is 23.8 Å². The summed E-state index contributed by atoms with van der Waals surface area (Å²) in [6.07, 6.45) is 20.0. The maximum atomic E-state index is 12.7. The fraction of sp³-hybridized carbons (Fsp3) is 0.792. The molecular formula is C24H40N4O3. The van der Waals surface area contributed by atoms with E-state index < -0.39 is 0 Å². The molecule has 174 valence electrons. The van der Waals surface area contributed by atoms with Gasteiger partial charge >= 0.3 is 5.69 Å². The number of hydrogen-bond donors (Lipinski definition) is 0. The minimum absolute atomic E-state index is 0.227. The van der Waals surface area contributed by atoms with Gasteiger partial charge in [-0.25, -0.2) is 9.78 Å². The van der Waals surface area contributed by atoms with Gasteiger partial charge in [0.15, 0.2) is 11.2 Å². The van der Waals surface area contributed by atoms with Crippen LogP contribution in [-0.2, 0) is 25.4 Å². The number of ether oxygens (including phenoxy) is 1. The Morgan fingerprint density at radius 2 is 1.39 bits per heavy atom. The molecular weight excluding hydrogens is 392 g/mol. The second-order valence-corrected chi connectivity index (χ2v) is 9.17. The molecule has 0 spiro atoms. The fourth-order valence-electron chi connectivity index (χ4n) is 4.41. The summed E-state index contributed by atoms with van der Waals surface area (Å²) in [5.74, 6) is 0. The van der Waals surface area contributed by atoms with Crippen molar-refractivity contribution in [2.75, 3.05) is 6.61 Å². The van der Waals surface area contributed by atoms with Gasteiger partial charge in [-0.05, 0) is 12.8 Å². The van der Waals surface area contributed by atoms with Crippen LogP contribution in [0.15, 0.2) is 15.9 Å². The molecule has 2 aromatic rings. The van der Waals surface area contributed by atoms with Gasteiger partial charge in [-0.1, -0.05) is 77.0 Å². The monoisotopic (exact) mass is 432 g/mol. The summed E-state index contributed by atoms with van der Waals surface area (Å²) in [6.45, 7) is 1.49. The van der Waals surface area contributed by atoms with Gasteiger partial charge in [-0.2, -0.15) is 0 Å². The van der Waals surface area contributed by atoms with Crippen molar-refractivity contribution in [3.05, 3.63) is 27.2 Å². The van der Waals surface area contributed by atoms with Gasteiger partial charge < -0.3 is 9.30 Å². The molecule has 31 heavy (non-hydrogen) atoms. The number of imidazole rings is 1. The third-order valence-corrected chi connectivity index (χ3v) is 6.51. The van der Waals surface area contributed by atoms with Gasteiger partial charge in [0.25, 0.3) is 5.56 Å². The lowest BCUT2D eigenvalue weighted by molar-refractivity contribution is 0.387. The zero-order valence-corrected chi connectivity index (χ0v) is 19.5. The predicted octanol–water partition coefficient (Wildman–Crippen LogP) is 4.29. The zero-order valence-electron chi connectivity index (χ0n) is 19.5. The predicted molar refractivity (Wildman–Crippen MR) is 125 cm³/mol. The van der Waals surface area contributed by atoms with Crippen LogP contribution in [0.3, 0.4) is 0 Å². The SMILES string of the molecule is Cn1cnc2c1c(=O)n(CCCCCCCCCCCCCCCC1CO1)c(=O)n2C. The second-order valence-electron chi connectivity index (χ2n) is 9.17. The average Bonchev–Trinajstić information content (AvgIpc) is 3.50. The molecule has 3 rings (SSSR count). The van der Waals surface area contributed by atoms with Gasteiger partial charge in [0, 0.05) is 20.6 Å². The molecule has 0 radical (unpaired) electrons. The first kappa shape index (κ1) is 23.8. The number of nitrogens with zero attached hydrogens (tertiary/aromatic N) is 4. The van der Waals surface area contributed by atoms with Crippen LogP contribution in [0.25, 0.3) is 11.2 Å².